The van der Waals surface area contributed by atoms with Gasteiger partial charge in [-0.2, -0.15) is 0 Å². The third-order valence-electron chi connectivity index (χ3n) is 3.70. The van der Waals surface area contributed by atoms with Crippen LogP contribution >= 0.6 is 0 Å². The minimum atomic E-state index is -1.26. The molecule has 0 aliphatic heterocycles. The summed E-state index contributed by atoms with van der Waals surface area (Å²) in [6.07, 6.45) is 4.69. The van der Waals surface area contributed by atoms with Gasteiger partial charge in [0.25, 0.3) is 0 Å². The van der Waals surface area contributed by atoms with E-state index in [1.807, 2.05) is 85.7 Å². The van der Waals surface area contributed by atoms with Crippen LogP contribution in [0.4, 0.5) is 0 Å². The summed E-state index contributed by atoms with van der Waals surface area (Å²) in [5.74, 6) is -2.50. The first-order valence-corrected chi connectivity index (χ1v) is 8.90. The molecule has 0 fully saturated rings. The number of rotatable bonds is 8. The molecule has 1 atom stereocenters. The Kier molecular flexibility index (Phi) is 10.4. The highest BCUT2D eigenvalue weighted by atomic mass is 16.4. The monoisotopic (exact) mass is 395 g/mol. The second-order valence-electron chi connectivity index (χ2n) is 6.38. The Morgan fingerprint density at radius 2 is 1.31 bits per heavy atom. The highest BCUT2D eigenvalue weighted by Crippen LogP contribution is 2.18. The maximum absolute atomic E-state index is 12.5. The molecule has 152 valence electrons. The molecule has 0 aliphatic rings. The summed E-state index contributed by atoms with van der Waals surface area (Å²) in [7, 11) is 3.98. The molecule has 29 heavy (non-hydrogen) atoms. The lowest BCUT2D eigenvalue weighted by Crippen LogP contribution is -2.25. The summed E-state index contributed by atoms with van der Waals surface area (Å²) in [5.41, 5.74) is 2.11. The molecule has 0 saturated carbocycles. The first-order chi connectivity index (χ1) is 13.8. The van der Waals surface area contributed by atoms with Crippen molar-refractivity contribution in [3.8, 4) is 0 Å². The first-order valence-electron chi connectivity index (χ1n) is 8.90. The van der Waals surface area contributed by atoms with Gasteiger partial charge in [0.1, 0.15) is 0 Å². The molecule has 0 bridgehead atoms. The van der Waals surface area contributed by atoms with Crippen LogP contribution in [0, 0.1) is 0 Å². The van der Waals surface area contributed by atoms with Gasteiger partial charge in [0.2, 0.25) is 0 Å². The second kappa shape index (κ2) is 12.8. The number of hydrogen-bond donors (Lipinski definition) is 2. The lowest BCUT2D eigenvalue weighted by atomic mass is 9.93. The van der Waals surface area contributed by atoms with Crippen molar-refractivity contribution in [3.05, 3.63) is 90.0 Å². The summed E-state index contributed by atoms with van der Waals surface area (Å²) in [5, 5.41) is 15.6. The molecule has 6 nitrogen and oxygen atoms in total. The van der Waals surface area contributed by atoms with Crippen molar-refractivity contribution in [2.24, 2.45) is 0 Å². The largest absolute Gasteiger partial charge is 0.478 e. The Morgan fingerprint density at radius 1 is 0.828 bits per heavy atom. The van der Waals surface area contributed by atoms with Gasteiger partial charge in [-0.1, -0.05) is 66.7 Å². The molecular weight excluding hydrogens is 370 g/mol. The predicted molar refractivity (Wildman–Crippen MR) is 113 cm³/mol. The van der Waals surface area contributed by atoms with Crippen LogP contribution in [-0.2, 0) is 14.4 Å². The molecule has 0 saturated heterocycles. The number of benzene rings is 2. The number of carboxylic acid groups (broad SMARTS) is 2. The van der Waals surface area contributed by atoms with Gasteiger partial charge in [0.15, 0.2) is 5.78 Å². The lowest BCUT2D eigenvalue weighted by molar-refractivity contribution is -0.134. The average molecular weight is 395 g/mol. The molecule has 0 aliphatic carbocycles. The molecule has 2 aromatic carbocycles. The second-order valence-corrected chi connectivity index (χ2v) is 6.38. The molecular formula is C23H25NO5. The Bertz CT molecular complexity index is 826. The van der Waals surface area contributed by atoms with Crippen molar-refractivity contribution in [2.75, 3.05) is 20.6 Å². The third-order valence-corrected chi connectivity index (χ3v) is 3.70. The molecule has 2 N–H and O–H groups in total. The molecule has 1 unspecified atom stereocenters. The van der Waals surface area contributed by atoms with E-state index in [1.54, 1.807) is 6.08 Å². The van der Waals surface area contributed by atoms with Crippen molar-refractivity contribution in [1.29, 1.82) is 0 Å². The van der Waals surface area contributed by atoms with Crippen LogP contribution in [0.2, 0.25) is 0 Å². The number of allylic oxidation sites excluding steroid dienone is 1. The van der Waals surface area contributed by atoms with Gasteiger partial charge in [0, 0.05) is 18.7 Å². The summed E-state index contributed by atoms with van der Waals surface area (Å²) in [6, 6.07) is 19.9. The van der Waals surface area contributed by atoms with E-state index in [1.165, 1.54) is 0 Å². The first kappa shape index (κ1) is 23.5. The van der Waals surface area contributed by atoms with E-state index in [0.29, 0.717) is 18.7 Å². The topological polar surface area (TPSA) is 94.9 Å². The summed E-state index contributed by atoms with van der Waals surface area (Å²) in [4.78, 5) is 33.7. The zero-order valence-electron chi connectivity index (χ0n) is 16.4. The summed E-state index contributed by atoms with van der Waals surface area (Å²) >= 11 is 0. The van der Waals surface area contributed by atoms with Crippen LogP contribution in [0.25, 0.3) is 6.08 Å². The minimum absolute atomic E-state index is 0.124. The molecule has 0 spiro atoms. The quantitative estimate of drug-likeness (QED) is 0.666. The van der Waals surface area contributed by atoms with E-state index in [0.717, 1.165) is 11.1 Å². The van der Waals surface area contributed by atoms with Crippen LogP contribution in [0.3, 0.4) is 0 Å². The molecule has 0 aromatic heterocycles. The van der Waals surface area contributed by atoms with E-state index in [4.69, 9.17) is 10.2 Å². The molecule has 0 heterocycles. The molecule has 0 amide bonds. The van der Waals surface area contributed by atoms with Crippen LogP contribution < -0.4 is 0 Å². The van der Waals surface area contributed by atoms with Gasteiger partial charge in [-0.15, -0.1) is 0 Å². The standard InChI is InChI=1S/C19H21NO.C4H4O4/c1-20(2)15-18(17-11-7-4-8-12-17)19(21)14-13-16-9-5-3-6-10-16;5-3(6)1-2-4(7)8/h3-14,18H,15H2,1-2H3;1-2H,(H,5,6)(H,7,8)/b;2-1-. The fourth-order valence-electron chi connectivity index (χ4n) is 2.41. The molecule has 0 radical (unpaired) electrons. The maximum Gasteiger partial charge on any atom is 0.328 e. The highest BCUT2D eigenvalue weighted by Gasteiger charge is 2.18. The van der Waals surface area contributed by atoms with Gasteiger partial charge in [-0.25, -0.2) is 9.59 Å². The van der Waals surface area contributed by atoms with Crippen LogP contribution in [-0.4, -0.2) is 53.5 Å². The van der Waals surface area contributed by atoms with E-state index in [9.17, 15) is 14.4 Å². The number of hydrogen-bond acceptors (Lipinski definition) is 4. The van der Waals surface area contributed by atoms with Crippen molar-refractivity contribution in [3.63, 3.8) is 0 Å². The van der Waals surface area contributed by atoms with Gasteiger partial charge in [-0.05, 0) is 31.3 Å². The normalized spacial score (nSPS) is 11.8. The number of likely N-dealkylation sites (N-methyl/N-ethyl adjacent to an activating group) is 1. The van der Waals surface area contributed by atoms with Crippen LogP contribution in [0.5, 0.6) is 0 Å². The Labute approximate surface area is 170 Å². The zero-order chi connectivity index (χ0) is 21.6. The average Bonchev–Trinajstić information content (AvgIpc) is 2.70. The fourth-order valence-corrected chi connectivity index (χ4v) is 2.41. The van der Waals surface area contributed by atoms with Gasteiger partial charge in [0.05, 0.1) is 5.92 Å². The lowest BCUT2D eigenvalue weighted by Gasteiger charge is -2.19. The highest BCUT2D eigenvalue weighted by molar-refractivity contribution is 5.98. The van der Waals surface area contributed by atoms with E-state index >= 15 is 0 Å². The maximum atomic E-state index is 12.5. The number of carbonyl (C=O) groups is 3. The summed E-state index contributed by atoms with van der Waals surface area (Å²) < 4.78 is 0. The third kappa shape index (κ3) is 10.4. The van der Waals surface area contributed by atoms with Gasteiger partial charge in [-0.3, -0.25) is 4.79 Å². The van der Waals surface area contributed by atoms with Crippen LogP contribution in [0.1, 0.15) is 17.0 Å². The van der Waals surface area contributed by atoms with Crippen molar-refractivity contribution in [1.82, 2.24) is 4.90 Å². The Hall–Kier alpha value is -3.51. The number of carbonyl (C=O) groups excluding carboxylic acids is 1. The Morgan fingerprint density at radius 3 is 1.76 bits per heavy atom. The van der Waals surface area contributed by atoms with E-state index < -0.39 is 11.9 Å². The van der Waals surface area contributed by atoms with Gasteiger partial charge >= 0.3 is 11.9 Å². The number of ketones is 1. The number of carboxylic acids is 2. The predicted octanol–water partition coefficient (Wildman–Crippen LogP) is 3.33. The van der Waals surface area contributed by atoms with Crippen molar-refractivity contribution in [2.45, 2.75) is 5.92 Å². The molecule has 2 rings (SSSR count). The fraction of sp³-hybridized carbons (Fsp3) is 0.174. The van der Waals surface area contributed by atoms with Crippen molar-refractivity contribution < 1.29 is 24.6 Å². The SMILES string of the molecule is CN(C)CC(C(=O)C=Cc1ccccc1)c1ccccc1.O=C(O)/C=C\C(=O)O. The number of nitrogens with zero attached hydrogens (tertiary/aromatic N) is 1. The van der Waals surface area contributed by atoms with Gasteiger partial charge < -0.3 is 15.1 Å². The van der Waals surface area contributed by atoms with E-state index in [2.05, 4.69) is 0 Å². The number of aliphatic carboxylic acids is 2. The van der Waals surface area contributed by atoms with Crippen molar-refractivity contribution >= 4 is 23.8 Å². The Balaban J connectivity index is 0.000000447. The zero-order valence-corrected chi connectivity index (χ0v) is 16.4. The van der Waals surface area contributed by atoms with E-state index in [-0.39, 0.29) is 11.7 Å². The molecule has 2 aromatic rings. The van der Waals surface area contributed by atoms with Crippen LogP contribution in [0.15, 0.2) is 78.9 Å². The molecule has 6 heteroatoms. The smallest absolute Gasteiger partial charge is 0.328 e. The minimum Gasteiger partial charge on any atom is -0.478 e. The summed E-state index contributed by atoms with van der Waals surface area (Å²) in [6.45, 7) is 0.710.